The van der Waals surface area contributed by atoms with Gasteiger partial charge >= 0.3 is 0 Å². The molecule has 112 valence electrons. The van der Waals surface area contributed by atoms with Crippen LogP contribution in [0.2, 0.25) is 0 Å². The van der Waals surface area contributed by atoms with Crippen LogP contribution in [0.4, 0.5) is 4.39 Å². The van der Waals surface area contributed by atoms with Crippen LogP contribution in [-0.2, 0) is 19.9 Å². The normalized spacial score (nSPS) is 13.0. The van der Waals surface area contributed by atoms with Crippen LogP contribution >= 0.6 is 10.7 Å². The van der Waals surface area contributed by atoms with Crippen molar-refractivity contribution in [3.63, 3.8) is 0 Å². The number of amides is 1. The molecule has 1 amide bonds. The number of halogens is 2. The SMILES string of the molecule is Cc1cc(C(=O)NCCS(C)=O)cc(S(=O)(=O)Cl)c1F. The first-order chi connectivity index (χ1) is 9.12. The molecule has 9 heteroatoms. The van der Waals surface area contributed by atoms with Crippen molar-refractivity contribution in [3.8, 4) is 0 Å². The highest BCUT2D eigenvalue weighted by Gasteiger charge is 2.21. The van der Waals surface area contributed by atoms with Crippen molar-refractivity contribution in [2.24, 2.45) is 0 Å². The van der Waals surface area contributed by atoms with Crippen molar-refractivity contribution in [2.75, 3.05) is 18.6 Å². The third-order valence-electron chi connectivity index (χ3n) is 2.42. The summed E-state index contributed by atoms with van der Waals surface area (Å²) in [7, 11) is -0.215. The molecule has 1 aromatic rings. The number of benzene rings is 1. The Bertz CT molecular complexity index is 661. The lowest BCUT2D eigenvalue weighted by atomic mass is 10.1. The second kappa shape index (κ2) is 6.64. The fourth-order valence-electron chi connectivity index (χ4n) is 1.46. The molecule has 5 nitrogen and oxygen atoms in total. The quantitative estimate of drug-likeness (QED) is 0.815. The summed E-state index contributed by atoms with van der Waals surface area (Å²) < 4.78 is 47.0. The van der Waals surface area contributed by atoms with Crippen molar-refractivity contribution < 1.29 is 21.8 Å². The van der Waals surface area contributed by atoms with Crippen molar-refractivity contribution in [3.05, 3.63) is 29.1 Å². The summed E-state index contributed by atoms with van der Waals surface area (Å²) >= 11 is 0. The highest BCUT2D eigenvalue weighted by atomic mass is 35.7. The van der Waals surface area contributed by atoms with E-state index >= 15 is 0 Å². The molecule has 0 radical (unpaired) electrons. The molecule has 1 N–H and O–H groups in total. The minimum Gasteiger partial charge on any atom is -0.351 e. The first-order valence-corrected chi connectivity index (χ1v) is 9.49. The van der Waals surface area contributed by atoms with Crippen molar-refractivity contribution >= 4 is 36.4 Å². The zero-order valence-electron chi connectivity index (χ0n) is 10.8. The predicted molar refractivity (Wildman–Crippen MR) is 75.4 cm³/mol. The average molecular weight is 342 g/mol. The third-order valence-corrected chi connectivity index (χ3v) is 4.52. The Morgan fingerprint density at radius 1 is 1.45 bits per heavy atom. The first-order valence-electron chi connectivity index (χ1n) is 5.46. The highest BCUT2D eigenvalue weighted by Crippen LogP contribution is 2.23. The van der Waals surface area contributed by atoms with Gasteiger partial charge < -0.3 is 5.32 Å². The van der Waals surface area contributed by atoms with E-state index < -0.39 is 36.5 Å². The molecule has 0 aliphatic heterocycles. The van der Waals surface area contributed by atoms with Gasteiger partial charge in [-0.15, -0.1) is 0 Å². The Labute approximate surface area is 123 Å². The Kier molecular flexibility index (Phi) is 5.67. The molecule has 0 fully saturated rings. The van der Waals surface area contributed by atoms with E-state index in [4.69, 9.17) is 10.7 Å². The summed E-state index contributed by atoms with van der Waals surface area (Å²) in [6.45, 7) is 1.50. The predicted octanol–water partition coefficient (Wildman–Crippen LogP) is 1.17. The third kappa shape index (κ3) is 4.53. The van der Waals surface area contributed by atoms with Gasteiger partial charge in [-0.05, 0) is 24.6 Å². The number of hydrogen-bond acceptors (Lipinski definition) is 4. The van der Waals surface area contributed by atoms with Gasteiger partial charge in [0.2, 0.25) is 0 Å². The van der Waals surface area contributed by atoms with Crippen LogP contribution in [0.1, 0.15) is 15.9 Å². The van der Waals surface area contributed by atoms with Crippen molar-refractivity contribution in [1.82, 2.24) is 5.32 Å². The Morgan fingerprint density at radius 2 is 2.05 bits per heavy atom. The summed E-state index contributed by atoms with van der Waals surface area (Å²) in [5, 5.41) is 2.46. The van der Waals surface area contributed by atoms with Crippen LogP contribution in [0.15, 0.2) is 17.0 Å². The molecule has 0 bridgehead atoms. The Morgan fingerprint density at radius 3 is 2.55 bits per heavy atom. The van der Waals surface area contributed by atoms with E-state index in [0.717, 1.165) is 6.07 Å². The van der Waals surface area contributed by atoms with E-state index in [9.17, 15) is 21.8 Å². The van der Waals surface area contributed by atoms with Crippen molar-refractivity contribution in [2.45, 2.75) is 11.8 Å². The van der Waals surface area contributed by atoms with Crippen LogP contribution in [-0.4, -0.2) is 37.1 Å². The second-order valence-electron chi connectivity index (χ2n) is 4.08. The van der Waals surface area contributed by atoms with E-state index in [2.05, 4.69) is 5.32 Å². The number of carbonyl (C=O) groups is 1. The largest absolute Gasteiger partial charge is 0.351 e. The standard InChI is InChI=1S/C11H13ClFNO4S2/c1-7-5-8(11(15)14-3-4-19(2)16)6-9(10(7)13)20(12,17)18/h5-6H,3-4H2,1-2H3,(H,14,15). The summed E-state index contributed by atoms with van der Waals surface area (Å²) in [5.74, 6) is -1.29. The summed E-state index contributed by atoms with van der Waals surface area (Å²) in [6.07, 6.45) is 1.49. The zero-order valence-corrected chi connectivity index (χ0v) is 13.2. The van der Waals surface area contributed by atoms with Gasteiger partial charge in [-0.25, -0.2) is 12.8 Å². The molecule has 20 heavy (non-hydrogen) atoms. The Balaban J connectivity index is 3.05. The number of aryl methyl sites for hydroxylation is 1. The monoisotopic (exact) mass is 341 g/mol. The minimum absolute atomic E-state index is 0.00376. The molecule has 0 heterocycles. The van der Waals surface area contributed by atoms with Crippen LogP contribution < -0.4 is 5.32 Å². The number of hydrogen-bond donors (Lipinski definition) is 1. The molecule has 1 unspecified atom stereocenters. The number of nitrogens with one attached hydrogen (secondary N) is 1. The summed E-state index contributed by atoms with van der Waals surface area (Å²) in [6, 6.07) is 2.10. The number of carbonyl (C=O) groups excluding carboxylic acids is 1. The van der Waals surface area contributed by atoms with E-state index in [-0.39, 0.29) is 23.4 Å². The summed E-state index contributed by atoms with van der Waals surface area (Å²) in [4.78, 5) is 11.1. The molecule has 0 saturated carbocycles. The fraction of sp³-hybridized carbons (Fsp3) is 0.364. The molecule has 0 saturated heterocycles. The maximum absolute atomic E-state index is 13.7. The smallest absolute Gasteiger partial charge is 0.264 e. The van der Waals surface area contributed by atoms with Gasteiger partial charge in [-0.2, -0.15) is 0 Å². The summed E-state index contributed by atoms with van der Waals surface area (Å²) in [5.41, 5.74) is -0.0269. The lowest BCUT2D eigenvalue weighted by Crippen LogP contribution is -2.27. The van der Waals surface area contributed by atoms with Gasteiger partial charge in [0, 0.05) is 45.6 Å². The second-order valence-corrected chi connectivity index (χ2v) is 8.17. The molecular formula is C11H13ClFNO4S2. The van der Waals surface area contributed by atoms with Gasteiger partial charge in [0.05, 0.1) is 0 Å². The number of rotatable bonds is 5. The van der Waals surface area contributed by atoms with E-state index in [1.54, 1.807) is 0 Å². The fourth-order valence-corrected chi connectivity index (χ4v) is 2.83. The highest BCUT2D eigenvalue weighted by molar-refractivity contribution is 8.13. The topological polar surface area (TPSA) is 80.3 Å². The average Bonchev–Trinajstić information content (AvgIpc) is 2.30. The molecule has 1 aromatic carbocycles. The van der Waals surface area contributed by atoms with Crippen LogP contribution in [0.3, 0.4) is 0 Å². The maximum atomic E-state index is 13.7. The maximum Gasteiger partial charge on any atom is 0.264 e. The van der Waals surface area contributed by atoms with Crippen LogP contribution in [0, 0.1) is 12.7 Å². The van der Waals surface area contributed by atoms with Crippen LogP contribution in [0.25, 0.3) is 0 Å². The van der Waals surface area contributed by atoms with E-state index in [1.165, 1.54) is 19.2 Å². The zero-order chi connectivity index (χ0) is 15.5. The minimum atomic E-state index is -4.28. The molecule has 1 atom stereocenters. The van der Waals surface area contributed by atoms with Gasteiger partial charge in [0.15, 0.2) is 0 Å². The molecular weight excluding hydrogens is 329 g/mol. The Hall–Kier alpha value is -0.990. The van der Waals surface area contributed by atoms with Gasteiger partial charge in [-0.3, -0.25) is 9.00 Å². The van der Waals surface area contributed by atoms with Crippen molar-refractivity contribution in [1.29, 1.82) is 0 Å². The van der Waals surface area contributed by atoms with Gasteiger partial charge in [0.25, 0.3) is 15.0 Å². The van der Waals surface area contributed by atoms with E-state index in [0.29, 0.717) is 0 Å². The van der Waals surface area contributed by atoms with E-state index in [1.807, 2.05) is 0 Å². The van der Waals surface area contributed by atoms with Crippen LogP contribution in [0.5, 0.6) is 0 Å². The molecule has 0 aliphatic carbocycles. The molecule has 1 rings (SSSR count). The molecule has 0 aromatic heterocycles. The lowest BCUT2D eigenvalue weighted by molar-refractivity contribution is 0.0955. The lowest BCUT2D eigenvalue weighted by Gasteiger charge is -2.08. The molecule has 0 spiro atoms. The van der Waals surface area contributed by atoms with Gasteiger partial charge in [0.1, 0.15) is 10.7 Å². The first kappa shape index (κ1) is 17.1. The molecule has 0 aliphatic rings. The van der Waals surface area contributed by atoms with Gasteiger partial charge in [-0.1, -0.05) is 0 Å².